The summed E-state index contributed by atoms with van der Waals surface area (Å²) in [5.41, 5.74) is 2.07. The molecule has 0 aromatic carbocycles. The average Bonchev–Trinajstić information content (AvgIpc) is 2.77. The Morgan fingerprint density at radius 1 is 1.33 bits per heavy atom. The highest BCUT2D eigenvalue weighted by Crippen LogP contribution is 2.28. The molecule has 5 nitrogen and oxygen atoms in total. The van der Waals surface area contributed by atoms with Gasteiger partial charge in [-0.05, 0) is 43.5 Å². The molecular formula is C14H19N3O2S2. The minimum atomic E-state index is -3.59. The quantitative estimate of drug-likeness (QED) is 0.856. The minimum absolute atomic E-state index is 0.378. The largest absolute Gasteiger partial charge is 0.312 e. The summed E-state index contributed by atoms with van der Waals surface area (Å²) in [6.07, 6.45) is 1.59. The summed E-state index contributed by atoms with van der Waals surface area (Å²) in [5.74, 6) is 0. The number of aryl methyl sites for hydroxylation is 2. The van der Waals surface area contributed by atoms with E-state index in [-0.39, 0.29) is 0 Å². The topological polar surface area (TPSA) is 71.1 Å². The highest BCUT2D eigenvalue weighted by Gasteiger charge is 2.23. The summed E-state index contributed by atoms with van der Waals surface area (Å²) in [6, 6.07) is 3.36. The molecule has 2 aromatic rings. The summed E-state index contributed by atoms with van der Waals surface area (Å²) in [4.78, 5) is 5.27. The van der Waals surface area contributed by atoms with Crippen LogP contribution in [0, 0.1) is 13.8 Å². The molecule has 0 saturated carbocycles. The van der Waals surface area contributed by atoms with E-state index < -0.39 is 10.0 Å². The molecule has 21 heavy (non-hydrogen) atoms. The molecule has 0 spiro atoms. The van der Waals surface area contributed by atoms with Crippen molar-refractivity contribution in [3.63, 3.8) is 0 Å². The van der Waals surface area contributed by atoms with Crippen LogP contribution in [0.4, 0.5) is 5.69 Å². The van der Waals surface area contributed by atoms with Crippen LogP contribution < -0.4 is 10.0 Å². The summed E-state index contributed by atoms with van der Waals surface area (Å²) in [5, 5.41) is 5.05. The predicted octanol–water partition coefficient (Wildman–Crippen LogP) is 2.67. The third kappa shape index (κ3) is 3.81. The second kappa shape index (κ2) is 6.55. The van der Waals surface area contributed by atoms with E-state index in [4.69, 9.17) is 0 Å². The number of hydrogen-bond acceptors (Lipinski definition) is 5. The summed E-state index contributed by atoms with van der Waals surface area (Å²) in [7, 11) is -3.59. The van der Waals surface area contributed by atoms with E-state index >= 15 is 0 Å². The van der Waals surface area contributed by atoms with E-state index in [1.165, 1.54) is 11.3 Å². The fraction of sp³-hybridized carbons (Fsp3) is 0.357. The van der Waals surface area contributed by atoms with Crippen LogP contribution >= 0.6 is 11.3 Å². The third-order valence-electron chi connectivity index (χ3n) is 2.94. The normalized spacial score (nSPS) is 11.6. The van der Waals surface area contributed by atoms with Crippen LogP contribution in [0.2, 0.25) is 0 Å². The molecule has 0 aliphatic carbocycles. The zero-order valence-corrected chi connectivity index (χ0v) is 13.9. The van der Waals surface area contributed by atoms with Gasteiger partial charge in [0.1, 0.15) is 4.90 Å². The fourth-order valence-corrected chi connectivity index (χ4v) is 4.86. The van der Waals surface area contributed by atoms with E-state index in [2.05, 4.69) is 15.0 Å². The zero-order valence-electron chi connectivity index (χ0n) is 12.3. The zero-order chi connectivity index (χ0) is 15.5. The first kappa shape index (κ1) is 15.9. The molecule has 0 atom stereocenters. The van der Waals surface area contributed by atoms with E-state index in [0.717, 1.165) is 22.7 Å². The van der Waals surface area contributed by atoms with Crippen molar-refractivity contribution in [3.05, 3.63) is 39.8 Å². The van der Waals surface area contributed by atoms with Crippen molar-refractivity contribution in [2.75, 3.05) is 11.3 Å². The third-order valence-corrected chi connectivity index (χ3v) is 5.79. The molecule has 0 fully saturated rings. The van der Waals surface area contributed by atoms with Crippen LogP contribution in [0.25, 0.3) is 0 Å². The fourth-order valence-electron chi connectivity index (χ4n) is 2.02. The molecule has 2 heterocycles. The van der Waals surface area contributed by atoms with Gasteiger partial charge in [-0.3, -0.25) is 9.71 Å². The van der Waals surface area contributed by atoms with Crippen LogP contribution in [0.15, 0.2) is 28.6 Å². The van der Waals surface area contributed by atoms with Gasteiger partial charge < -0.3 is 5.32 Å². The number of aromatic nitrogens is 1. The van der Waals surface area contributed by atoms with Gasteiger partial charge in [0.05, 0.1) is 5.69 Å². The molecule has 0 radical (unpaired) electrons. The Morgan fingerprint density at radius 2 is 2.10 bits per heavy atom. The standard InChI is InChI=1S/C14H19N3O2S2/c1-4-15-8-13-14(10(2)9-20-13)21(18,19)17-12-5-6-16-11(3)7-12/h5-7,9,15H,4,8H2,1-3H3,(H,16,17). The lowest BCUT2D eigenvalue weighted by Gasteiger charge is -2.10. The van der Waals surface area contributed by atoms with Gasteiger partial charge in [0.2, 0.25) is 0 Å². The molecule has 2 rings (SSSR count). The van der Waals surface area contributed by atoms with Gasteiger partial charge in [-0.1, -0.05) is 6.92 Å². The van der Waals surface area contributed by atoms with Gasteiger partial charge in [0, 0.05) is 23.3 Å². The molecule has 0 amide bonds. The van der Waals surface area contributed by atoms with E-state index in [9.17, 15) is 8.42 Å². The van der Waals surface area contributed by atoms with Gasteiger partial charge in [-0.15, -0.1) is 11.3 Å². The van der Waals surface area contributed by atoms with E-state index in [0.29, 0.717) is 17.1 Å². The summed E-state index contributed by atoms with van der Waals surface area (Å²) < 4.78 is 27.9. The average molecular weight is 325 g/mol. The second-order valence-corrected chi connectivity index (χ2v) is 7.33. The maximum absolute atomic E-state index is 12.6. The Hall–Kier alpha value is -1.44. The van der Waals surface area contributed by atoms with Crippen LogP contribution in [0.5, 0.6) is 0 Å². The lowest BCUT2D eigenvalue weighted by atomic mass is 10.3. The molecule has 0 unspecified atom stereocenters. The molecule has 0 aliphatic rings. The van der Waals surface area contributed by atoms with Crippen LogP contribution in [0.1, 0.15) is 23.1 Å². The Morgan fingerprint density at radius 3 is 2.76 bits per heavy atom. The van der Waals surface area contributed by atoms with Gasteiger partial charge in [0.25, 0.3) is 10.0 Å². The van der Waals surface area contributed by atoms with Crippen LogP contribution in [-0.2, 0) is 16.6 Å². The van der Waals surface area contributed by atoms with Gasteiger partial charge in [0.15, 0.2) is 0 Å². The number of hydrogen-bond donors (Lipinski definition) is 2. The first-order valence-electron chi connectivity index (χ1n) is 6.67. The highest BCUT2D eigenvalue weighted by molar-refractivity contribution is 7.93. The Bertz CT molecular complexity index is 724. The van der Waals surface area contributed by atoms with Crippen molar-refractivity contribution in [1.29, 1.82) is 0 Å². The maximum Gasteiger partial charge on any atom is 0.263 e. The number of sulfonamides is 1. The number of pyridine rings is 1. The van der Waals surface area contributed by atoms with Crippen molar-refractivity contribution in [2.24, 2.45) is 0 Å². The number of rotatable bonds is 6. The monoisotopic (exact) mass is 325 g/mol. The molecule has 0 saturated heterocycles. The predicted molar refractivity (Wildman–Crippen MR) is 86.2 cm³/mol. The van der Waals surface area contributed by atoms with Crippen LogP contribution in [-0.4, -0.2) is 19.9 Å². The van der Waals surface area contributed by atoms with Crippen molar-refractivity contribution in [2.45, 2.75) is 32.2 Å². The Balaban J connectivity index is 2.33. The first-order chi connectivity index (χ1) is 9.94. The van der Waals surface area contributed by atoms with Crippen molar-refractivity contribution < 1.29 is 8.42 Å². The second-order valence-electron chi connectivity index (χ2n) is 4.74. The number of nitrogens with one attached hydrogen (secondary N) is 2. The molecule has 2 aromatic heterocycles. The molecule has 2 N–H and O–H groups in total. The number of nitrogens with zero attached hydrogens (tertiary/aromatic N) is 1. The highest BCUT2D eigenvalue weighted by atomic mass is 32.2. The van der Waals surface area contributed by atoms with Crippen molar-refractivity contribution in [1.82, 2.24) is 10.3 Å². The Kier molecular flexibility index (Phi) is 4.97. The molecule has 0 aliphatic heterocycles. The van der Waals surface area contributed by atoms with E-state index in [1.54, 1.807) is 18.3 Å². The molecule has 7 heteroatoms. The van der Waals surface area contributed by atoms with E-state index in [1.807, 2.05) is 26.2 Å². The first-order valence-corrected chi connectivity index (χ1v) is 9.03. The lowest BCUT2D eigenvalue weighted by Crippen LogP contribution is -2.18. The van der Waals surface area contributed by atoms with Gasteiger partial charge >= 0.3 is 0 Å². The molecule has 114 valence electrons. The molecular weight excluding hydrogens is 306 g/mol. The van der Waals surface area contributed by atoms with Crippen LogP contribution in [0.3, 0.4) is 0 Å². The molecule has 0 bridgehead atoms. The number of anilines is 1. The van der Waals surface area contributed by atoms with Crippen molar-refractivity contribution in [3.8, 4) is 0 Å². The Labute approximate surface area is 129 Å². The van der Waals surface area contributed by atoms with Gasteiger partial charge in [-0.2, -0.15) is 0 Å². The van der Waals surface area contributed by atoms with Crippen molar-refractivity contribution >= 4 is 27.0 Å². The summed E-state index contributed by atoms with van der Waals surface area (Å²) >= 11 is 1.46. The SMILES string of the molecule is CCNCc1scc(C)c1S(=O)(=O)Nc1ccnc(C)c1. The number of thiophene rings is 1. The maximum atomic E-state index is 12.6. The lowest BCUT2D eigenvalue weighted by molar-refractivity contribution is 0.599. The summed E-state index contributed by atoms with van der Waals surface area (Å²) in [6.45, 7) is 6.99. The smallest absolute Gasteiger partial charge is 0.263 e. The van der Waals surface area contributed by atoms with Gasteiger partial charge in [-0.25, -0.2) is 8.42 Å². The minimum Gasteiger partial charge on any atom is -0.312 e.